The van der Waals surface area contributed by atoms with Crippen LogP contribution >= 0.6 is 0 Å². The first kappa shape index (κ1) is 13.0. The molecule has 19 heavy (non-hydrogen) atoms. The lowest BCUT2D eigenvalue weighted by atomic mass is 9.83. The third-order valence-corrected chi connectivity index (χ3v) is 4.68. The minimum atomic E-state index is 0.387. The van der Waals surface area contributed by atoms with E-state index in [-0.39, 0.29) is 0 Å². The van der Waals surface area contributed by atoms with Gasteiger partial charge in [-0.1, -0.05) is 31.4 Å². The van der Waals surface area contributed by atoms with Crippen LogP contribution in [0.1, 0.15) is 50.2 Å². The molecule has 0 spiro atoms. The van der Waals surface area contributed by atoms with Gasteiger partial charge in [0.15, 0.2) is 0 Å². The highest BCUT2D eigenvalue weighted by molar-refractivity contribution is 5.39. The molecule has 0 saturated heterocycles. The Bertz CT molecular complexity index is 435. The van der Waals surface area contributed by atoms with Crippen LogP contribution in [0.2, 0.25) is 0 Å². The molecule has 104 valence electrons. The molecule has 1 saturated carbocycles. The van der Waals surface area contributed by atoms with Gasteiger partial charge in [0.05, 0.1) is 6.61 Å². The smallest absolute Gasteiger partial charge is 0.122 e. The average Bonchev–Trinajstić information content (AvgIpc) is 2.87. The maximum absolute atomic E-state index is 5.55. The summed E-state index contributed by atoms with van der Waals surface area (Å²) >= 11 is 0. The number of fused-ring (bicyclic) bond motifs is 1. The molecule has 2 nitrogen and oxygen atoms in total. The first-order chi connectivity index (χ1) is 9.25. The van der Waals surface area contributed by atoms with E-state index in [0.29, 0.717) is 5.54 Å². The van der Waals surface area contributed by atoms with Gasteiger partial charge in [-0.15, -0.1) is 0 Å². The molecule has 1 heterocycles. The van der Waals surface area contributed by atoms with E-state index in [2.05, 4.69) is 30.4 Å². The molecular weight excluding hydrogens is 234 g/mol. The maximum atomic E-state index is 5.55. The fourth-order valence-corrected chi connectivity index (χ4v) is 3.41. The predicted octanol–water partition coefficient (Wildman–Crippen LogP) is 3.48. The minimum Gasteiger partial charge on any atom is -0.493 e. The van der Waals surface area contributed by atoms with E-state index < -0.39 is 0 Å². The molecule has 0 radical (unpaired) electrons. The largest absolute Gasteiger partial charge is 0.493 e. The van der Waals surface area contributed by atoms with E-state index in [0.717, 1.165) is 31.7 Å². The molecule has 0 amide bonds. The van der Waals surface area contributed by atoms with E-state index >= 15 is 0 Å². The van der Waals surface area contributed by atoms with Gasteiger partial charge in [-0.2, -0.15) is 0 Å². The topological polar surface area (TPSA) is 21.3 Å². The van der Waals surface area contributed by atoms with Gasteiger partial charge in [0.2, 0.25) is 0 Å². The van der Waals surface area contributed by atoms with Crippen molar-refractivity contribution in [3.8, 4) is 5.75 Å². The first-order valence-electron chi connectivity index (χ1n) is 7.75. The standard InChI is InChI=1S/C17H25NO/c1-17(9-3-2-4-10-17)18-11-7-14-5-6-16-15(13-14)8-12-19-16/h5-6,13,18H,2-4,7-12H2,1H3. The van der Waals surface area contributed by atoms with Gasteiger partial charge in [0, 0.05) is 12.0 Å². The minimum absolute atomic E-state index is 0.387. The fourth-order valence-electron chi connectivity index (χ4n) is 3.41. The molecule has 1 aliphatic carbocycles. The van der Waals surface area contributed by atoms with Crippen molar-refractivity contribution >= 4 is 0 Å². The Kier molecular flexibility index (Phi) is 3.79. The molecule has 3 rings (SSSR count). The summed E-state index contributed by atoms with van der Waals surface area (Å²) in [4.78, 5) is 0. The van der Waals surface area contributed by atoms with Crippen LogP contribution in [0.25, 0.3) is 0 Å². The molecule has 1 fully saturated rings. The lowest BCUT2D eigenvalue weighted by molar-refractivity contribution is 0.256. The Morgan fingerprint density at radius 3 is 2.89 bits per heavy atom. The summed E-state index contributed by atoms with van der Waals surface area (Å²) < 4.78 is 5.55. The second kappa shape index (κ2) is 5.54. The quantitative estimate of drug-likeness (QED) is 0.894. The zero-order valence-electron chi connectivity index (χ0n) is 12.0. The number of rotatable bonds is 4. The molecule has 0 atom stereocenters. The van der Waals surface area contributed by atoms with Crippen LogP contribution in [0, 0.1) is 0 Å². The van der Waals surface area contributed by atoms with E-state index in [9.17, 15) is 0 Å². The fraction of sp³-hybridized carbons (Fsp3) is 0.647. The Labute approximate surface area is 116 Å². The Balaban J connectivity index is 1.52. The van der Waals surface area contributed by atoms with Crippen LogP contribution in [-0.4, -0.2) is 18.7 Å². The number of ether oxygens (including phenoxy) is 1. The molecule has 1 aromatic carbocycles. The van der Waals surface area contributed by atoms with Crippen molar-refractivity contribution in [2.75, 3.05) is 13.2 Å². The van der Waals surface area contributed by atoms with Crippen molar-refractivity contribution in [3.63, 3.8) is 0 Å². The average molecular weight is 259 g/mol. The first-order valence-corrected chi connectivity index (χ1v) is 7.75. The van der Waals surface area contributed by atoms with Crippen LogP contribution in [0.3, 0.4) is 0 Å². The summed E-state index contributed by atoms with van der Waals surface area (Å²) in [6.07, 6.45) is 9.08. The summed E-state index contributed by atoms with van der Waals surface area (Å²) in [6.45, 7) is 4.34. The number of benzene rings is 1. The summed E-state index contributed by atoms with van der Waals surface area (Å²) in [5, 5.41) is 3.78. The van der Waals surface area contributed by atoms with Crippen molar-refractivity contribution in [2.45, 2.75) is 57.4 Å². The third kappa shape index (κ3) is 3.11. The molecule has 1 aromatic rings. The molecule has 1 N–H and O–H groups in total. The van der Waals surface area contributed by atoms with Gasteiger partial charge in [-0.3, -0.25) is 0 Å². The normalized spacial score (nSPS) is 20.9. The van der Waals surface area contributed by atoms with Gasteiger partial charge in [-0.05, 0) is 49.9 Å². The van der Waals surface area contributed by atoms with Gasteiger partial charge in [0.25, 0.3) is 0 Å². The highest BCUT2D eigenvalue weighted by Gasteiger charge is 2.25. The van der Waals surface area contributed by atoms with Crippen molar-refractivity contribution in [3.05, 3.63) is 29.3 Å². The van der Waals surface area contributed by atoms with Crippen molar-refractivity contribution in [1.82, 2.24) is 5.32 Å². The summed E-state index contributed by atoms with van der Waals surface area (Å²) in [7, 11) is 0. The molecular formula is C17H25NO. The summed E-state index contributed by atoms with van der Waals surface area (Å²) in [6, 6.07) is 6.68. The second-order valence-corrected chi connectivity index (χ2v) is 6.34. The molecule has 1 aliphatic heterocycles. The lowest BCUT2D eigenvalue weighted by Crippen LogP contribution is -2.44. The monoisotopic (exact) mass is 259 g/mol. The van der Waals surface area contributed by atoms with Crippen molar-refractivity contribution in [2.24, 2.45) is 0 Å². The van der Waals surface area contributed by atoms with Gasteiger partial charge >= 0.3 is 0 Å². The Hall–Kier alpha value is -1.02. The summed E-state index contributed by atoms with van der Waals surface area (Å²) in [5.74, 6) is 1.09. The highest BCUT2D eigenvalue weighted by atomic mass is 16.5. The predicted molar refractivity (Wildman–Crippen MR) is 78.8 cm³/mol. The summed E-state index contributed by atoms with van der Waals surface area (Å²) in [5.41, 5.74) is 3.22. The van der Waals surface area contributed by atoms with Crippen molar-refractivity contribution < 1.29 is 4.74 Å². The van der Waals surface area contributed by atoms with E-state index in [1.165, 1.54) is 43.2 Å². The van der Waals surface area contributed by atoms with Crippen LogP contribution in [-0.2, 0) is 12.8 Å². The SMILES string of the molecule is CC1(NCCc2ccc3c(c2)CCO3)CCCCC1. The second-order valence-electron chi connectivity index (χ2n) is 6.34. The van der Waals surface area contributed by atoms with Crippen LogP contribution in [0.15, 0.2) is 18.2 Å². The molecule has 2 aliphatic rings. The molecule has 2 heteroatoms. The third-order valence-electron chi connectivity index (χ3n) is 4.68. The lowest BCUT2D eigenvalue weighted by Gasteiger charge is -2.34. The van der Waals surface area contributed by atoms with E-state index in [4.69, 9.17) is 4.74 Å². The Morgan fingerprint density at radius 2 is 2.05 bits per heavy atom. The molecule has 0 bridgehead atoms. The van der Waals surface area contributed by atoms with Gasteiger partial charge < -0.3 is 10.1 Å². The van der Waals surface area contributed by atoms with Gasteiger partial charge in [-0.25, -0.2) is 0 Å². The van der Waals surface area contributed by atoms with E-state index in [1.54, 1.807) is 0 Å². The number of hydrogen-bond acceptors (Lipinski definition) is 2. The van der Waals surface area contributed by atoms with Gasteiger partial charge in [0.1, 0.15) is 5.75 Å². The maximum Gasteiger partial charge on any atom is 0.122 e. The number of hydrogen-bond donors (Lipinski definition) is 1. The number of nitrogens with one attached hydrogen (secondary N) is 1. The van der Waals surface area contributed by atoms with Crippen molar-refractivity contribution in [1.29, 1.82) is 0 Å². The van der Waals surface area contributed by atoms with Crippen LogP contribution in [0.5, 0.6) is 5.75 Å². The highest BCUT2D eigenvalue weighted by Crippen LogP contribution is 2.28. The molecule has 0 unspecified atom stereocenters. The zero-order chi connectivity index (χ0) is 13.1. The van der Waals surface area contributed by atoms with Crippen LogP contribution in [0.4, 0.5) is 0 Å². The Morgan fingerprint density at radius 1 is 1.21 bits per heavy atom. The van der Waals surface area contributed by atoms with Crippen LogP contribution < -0.4 is 10.1 Å². The zero-order valence-corrected chi connectivity index (χ0v) is 12.0. The molecule has 0 aromatic heterocycles. The van der Waals surface area contributed by atoms with E-state index in [1.807, 2.05) is 0 Å².